The van der Waals surface area contributed by atoms with E-state index in [-0.39, 0.29) is 12.5 Å². The number of nitrogens with zero attached hydrogens (tertiary/aromatic N) is 3. The Morgan fingerprint density at radius 2 is 1.79 bits per heavy atom. The highest BCUT2D eigenvalue weighted by Gasteiger charge is 2.18. The van der Waals surface area contributed by atoms with Gasteiger partial charge in [0.1, 0.15) is 0 Å². The summed E-state index contributed by atoms with van der Waals surface area (Å²) in [7, 11) is 0. The summed E-state index contributed by atoms with van der Waals surface area (Å²) in [4.78, 5) is 28.3. The molecular weight excluding hydrogens is 354 g/mol. The monoisotopic (exact) mass is 385 g/mol. The number of nitrogens with one attached hydrogen (secondary N) is 2. The van der Waals surface area contributed by atoms with Gasteiger partial charge in [-0.2, -0.15) is 5.26 Å². The first kappa shape index (κ1) is 21.9. The molecule has 28 heavy (non-hydrogen) atoms. The summed E-state index contributed by atoms with van der Waals surface area (Å²) in [5, 5.41) is 14.0. The molecule has 1 aromatic rings. The van der Waals surface area contributed by atoms with Gasteiger partial charge in [0.2, 0.25) is 5.91 Å². The van der Waals surface area contributed by atoms with Crippen LogP contribution in [0.25, 0.3) is 0 Å². The second kappa shape index (κ2) is 11.4. The fourth-order valence-corrected chi connectivity index (χ4v) is 3.17. The van der Waals surface area contributed by atoms with Crippen LogP contribution >= 0.6 is 0 Å². The van der Waals surface area contributed by atoms with Crippen LogP contribution in [0.3, 0.4) is 0 Å². The second-order valence-corrected chi connectivity index (χ2v) is 7.70. The number of imide groups is 1. The van der Waals surface area contributed by atoms with Gasteiger partial charge in [0, 0.05) is 26.2 Å². The number of nitriles is 1. The lowest BCUT2D eigenvalue weighted by molar-refractivity contribution is -0.121. The number of hydrogen-bond acceptors (Lipinski definition) is 5. The predicted octanol–water partition coefficient (Wildman–Crippen LogP) is 1.94. The lowest BCUT2D eigenvalue weighted by Gasteiger charge is -2.21. The lowest BCUT2D eigenvalue weighted by atomic mass is 10.1. The standard InChI is InChI=1S/C21H31N5O2/c1-17(2)8-9-23-21(28)24-20(27)16-26-11-3-10-25(12-13-26)15-19-6-4-18(14-22)5-7-19/h4-7,17H,3,8-13,15-16H2,1-2H3,(H2,23,24,27,28). The normalized spacial score (nSPS) is 15.6. The molecule has 0 saturated carbocycles. The minimum absolute atomic E-state index is 0.238. The highest BCUT2D eigenvalue weighted by Crippen LogP contribution is 2.10. The molecule has 0 bridgehead atoms. The Bertz CT molecular complexity index is 681. The molecule has 2 rings (SSSR count). The molecule has 2 N–H and O–H groups in total. The average molecular weight is 386 g/mol. The lowest BCUT2D eigenvalue weighted by Crippen LogP contribution is -2.45. The van der Waals surface area contributed by atoms with Crippen molar-refractivity contribution < 1.29 is 9.59 Å². The van der Waals surface area contributed by atoms with E-state index >= 15 is 0 Å². The van der Waals surface area contributed by atoms with Gasteiger partial charge in [0.25, 0.3) is 0 Å². The van der Waals surface area contributed by atoms with Crippen LogP contribution in [0.2, 0.25) is 0 Å². The molecule has 3 amide bonds. The average Bonchev–Trinajstić information content (AvgIpc) is 2.87. The highest BCUT2D eigenvalue weighted by atomic mass is 16.2. The second-order valence-electron chi connectivity index (χ2n) is 7.70. The Kier molecular flexibility index (Phi) is 8.92. The van der Waals surface area contributed by atoms with Crippen molar-refractivity contribution in [2.45, 2.75) is 33.2 Å². The fraction of sp³-hybridized carbons (Fsp3) is 0.571. The molecule has 0 unspecified atom stereocenters. The molecule has 1 saturated heterocycles. The molecule has 7 heteroatoms. The van der Waals surface area contributed by atoms with Crippen LogP contribution in [0.5, 0.6) is 0 Å². The van der Waals surface area contributed by atoms with Gasteiger partial charge < -0.3 is 5.32 Å². The van der Waals surface area contributed by atoms with Crippen LogP contribution in [-0.4, -0.2) is 61.0 Å². The third-order valence-corrected chi connectivity index (χ3v) is 4.80. The molecule has 0 spiro atoms. The first-order valence-electron chi connectivity index (χ1n) is 9.97. The SMILES string of the molecule is CC(C)CCNC(=O)NC(=O)CN1CCCN(Cc2ccc(C#N)cc2)CC1. The van der Waals surface area contributed by atoms with E-state index in [1.165, 1.54) is 5.56 Å². The number of urea groups is 1. The Morgan fingerprint density at radius 1 is 1.11 bits per heavy atom. The first-order chi connectivity index (χ1) is 13.5. The molecule has 0 radical (unpaired) electrons. The van der Waals surface area contributed by atoms with E-state index in [4.69, 9.17) is 5.26 Å². The maximum Gasteiger partial charge on any atom is 0.321 e. The number of carbonyl (C=O) groups is 2. The van der Waals surface area contributed by atoms with Crippen molar-refractivity contribution in [1.29, 1.82) is 5.26 Å². The van der Waals surface area contributed by atoms with Gasteiger partial charge >= 0.3 is 6.03 Å². The summed E-state index contributed by atoms with van der Waals surface area (Å²) in [6.07, 6.45) is 1.87. The zero-order valence-corrected chi connectivity index (χ0v) is 16.9. The maximum absolute atomic E-state index is 12.1. The van der Waals surface area contributed by atoms with E-state index in [9.17, 15) is 9.59 Å². The smallest absolute Gasteiger partial charge is 0.321 e. The molecular formula is C21H31N5O2. The number of amides is 3. The maximum atomic E-state index is 12.1. The van der Waals surface area contributed by atoms with Crippen molar-refractivity contribution in [2.75, 3.05) is 39.3 Å². The van der Waals surface area contributed by atoms with Crippen molar-refractivity contribution in [1.82, 2.24) is 20.4 Å². The van der Waals surface area contributed by atoms with Crippen molar-refractivity contribution in [3.8, 4) is 6.07 Å². The molecule has 1 heterocycles. The summed E-state index contributed by atoms with van der Waals surface area (Å²) in [5.41, 5.74) is 1.85. The zero-order valence-electron chi connectivity index (χ0n) is 16.9. The summed E-state index contributed by atoms with van der Waals surface area (Å²) in [5.74, 6) is 0.253. The number of benzene rings is 1. The molecule has 152 valence electrons. The summed E-state index contributed by atoms with van der Waals surface area (Å²) in [6, 6.07) is 9.39. The fourth-order valence-electron chi connectivity index (χ4n) is 3.17. The minimum Gasteiger partial charge on any atom is -0.338 e. The van der Waals surface area contributed by atoms with Crippen LogP contribution in [0, 0.1) is 17.2 Å². The molecule has 1 fully saturated rings. The summed E-state index contributed by atoms with van der Waals surface area (Å²) >= 11 is 0. The summed E-state index contributed by atoms with van der Waals surface area (Å²) < 4.78 is 0. The molecule has 7 nitrogen and oxygen atoms in total. The topological polar surface area (TPSA) is 88.5 Å². The van der Waals surface area contributed by atoms with Crippen molar-refractivity contribution in [2.24, 2.45) is 5.92 Å². The van der Waals surface area contributed by atoms with Crippen molar-refractivity contribution in [3.05, 3.63) is 35.4 Å². The summed E-state index contributed by atoms with van der Waals surface area (Å²) in [6.45, 7) is 9.30. The third-order valence-electron chi connectivity index (χ3n) is 4.80. The Labute approximate surface area is 167 Å². The van der Waals surface area contributed by atoms with Gasteiger partial charge in [-0.15, -0.1) is 0 Å². The van der Waals surface area contributed by atoms with Gasteiger partial charge in [-0.05, 0) is 49.5 Å². The Balaban J connectivity index is 1.71. The Hall–Kier alpha value is -2.43. The molecule has 1 aliphatic heterocycles. The number of rotatable bonds is 7. The highest BCUT2D eigenvalue weighted by molar-refractivity contribution is 5.95. The molecule has 0 aliphatic carbocycles. The molecule has 0 atom stereocenters. The number of hydrogen-bond donors (Lipinski definition) is 2. The van der Waals surface area contributed by atoms with E-state index in [0.29, 0.717) is 18.0 Å². The van der Waals surface area contributed by atoms with E-state index in [1.807, 2.05) is 24.3 Å². The van der Waals surface area contributed by atoms with Crippen LogP contribution in [0.15, 0.2) is 24.3 Å². The minimum atomic E-state index is -0.414. The largest absolute Gasteiger partial charge is 0.338 e. The third kappa shape index (κ3) is 8.07. The van der Waals surface area contributed by atoms with Crippen LogP contribution in [0.1, 0.15) is 37.8 Å². The quantitative estimate of drug-likeness (QED) is 0.749. The van der Waals surface area contributed by atoms with Gasteiger partial charge in [0.15, 0.2) is 0 Å². The van der Waals surface area contributed by atoms with E-state index in [1.54, 1.807) is 0 Å². The predicted molar refractivity (Wildman–Crippen MR) is 108 cm³/mol. The number of carbonyl (C=O) groups excluding carboxylic acids is 2. The molecule has 1 aliphatic rings. The van der Waals surface area contributed by atoms with E-state index in [2.05, 4.69) is 40.4 Å². The first-order valence-corrected chi connectivity index (χ1v) is 9.97. The molecule has 1 aromatic carbocycles. The Morgan fingerprint density at radius 3 is 2.46 bits per heavy atom. The van der Waals surface area contributed by atoms with Crippen LogP contribution in [-0.2, 0) is 11.3 Å². The van der Waals surface area contributed by atoms with Crippen molar-refractivity contribution in [3.63, 3.8) is 0 Å². The van der Waals surface area contributed by atoms with Gasteiger partial charge in [-0.3, -0.25) is 19.9 Å². The van der Waals surface area contributed by atoms with Crippen LogP contribution in [0.4, 0.5) is 4.79 Å². The zero-order chi connectivity index (χ0) is 20.4. The van der Waals surface area contributed by atoms with E-state index in [0.717, 1.165) is 45.6 Å². The molecule has 0 aromatic heterocycles. The van der Waals surface area contributed by atoms with Gasteiger partial charge in [-0.1, -0.05) is 26.0 Å². The van der Waals surface area contributed by atoms with Crippen LogP contribution < -0.4 is 10.6 Å². The van der Waals surface area contributed by atoms with Crippen molar-refractivity contribution >= 4 is 11.9 Å². The van der Waals surface area contributed by atoms with Gasteiger partial charge in [-0.25, -0.2) is 4.79 Å². The van der Waals surface area contributed by atoms with Gasteiger partial charge in [0.05, 0.1) is 18.2 Å². The van der Waals surface area contributed by atoms with E-state index < -0.39 is 6.03 Å².